The van der Waals surface area contributed by atoms with Gasteiger partial charge in [-0.25, -0.2) is 0 Å². The summed E-state index contributed by atoms with van der Waals surface area (Å²) < 4.78 is 0. The first kappa shape index (κ1) is 12.0. The smallest absolute Gasteiger partial charge is 0.0590 e. The first-order valence-electron chi connectivity index (χ1n) is 6.21. The highest BCUT2D eigenvalue weighted by Crippen LogP contribution is 2.35. The van der Waals surface area contributed by atoms with Gasteiger partial charge in [0.1, 0.15) is 0 Å². The second-order valence-electron chi connectivity index (χ2n) is 6.11. The van der Waals surface area contributed by atoms with Gasteiger partial charge >= 0.3 is 0 Å². The average Bonchev–Trinajstić information content (AvgIpc) is 2.61. The number of halogens is 1. The molecule has 1 aromatic carbocycles. The molecule has 1 unspecified atom stereocenters. The molecule has 0 saturated carbocycles. The Bertz CT molecular complexity index is 374. The van der Waals surface area contributed by atoms with E-state index in [1.165, 1.54) is 36.0 Å². The van der Waals surface area contributed by atoms with Gasteiger partial charge in [0.05, 0.1) is 5.38 Å². The highest BCUT2D eigenvalue weighted by Gasteiger charge is 2.20. The maximum atomic E-state index is 6.49. The fourth-order valence-electron chi connectivity index (χ4n) is 2.44. The van der Waals surface area contributed by atoms with Crippen LogP contribution < -0.4 is 0 Å². The van der Waals surface area contributed by atoms with Crippen LogP contribution in [-0.2, 0) is 12.8 Å². The van der Waals surface area contributed by atoms with Crippen molar-refractivity contribution in [2.45, 2.75) is 51.8 Å². The standard InChI is InChI=1S/C15H21Cl/c1-15(2,3)10-14(16)13-8-7-11-5-4-6-12(11)9-13/h7-9,14H,4-6,10H2,1-3H3. The normalized spacial score (nSPS) is 17.2. The van der Waals surface area contributed by atoms with Gasteiger partial charge in [-0.3, -0.25) is 0 Å². The molecule has 0 heterocycles. The van der Waals surface area contributed by atoms with E-state index in [-0.39, 0.29) is 5.38 Å². The Morgan fingerprint density at radius 1 is 1.19 bits per heavy atom. The van der Waals surface area contributed by atoms with Gasteiger partial charge in [0.15, 0.2) is 0 Å². The molecule has 1 aromatic rings. The molecule has 0 saturated heterocycles. The summed E-state index contributed by atoms with van der Waals surface area (Å²) in [5, 5.41) is 0.158. The van der Waals surface area contributed by atoms with E-state index in [1.54, 1.807) is 0 Å². The summed E-state index contributed by atoms with van der Waals surface area (Å²) >= 11 is 6.49. The summed E-state index contributed by atoms with van der Waals surface area (Å²) in [6.45, 7) is 6.74. The van der Waals surface area contributed by atoms with Crippen LogP contribution in [0.3, 0.4) is 0 Å². The third-order valence-electron chi connectivity index (χ3n) is 3.28. The molecular weight excluding hydrogens is 216 g/mol. The molecule has 0 N–H and O–H groups in total. The molecule has 0 amide bonds. The molecule has 16 heavy (non-hydrogen) atoms. The van der Waals surface area contributed by atoms with Crippen LogP contribution in [-0.4, -0.2) is 0 Å². The van der Waals surface area contributed by atoms with Crippen LogP contribution in [0.25, 0.3) is 0 Å². The van der Waals surface area contributed by atoms with E-state index in [0.717, 1.165) is 6.42 Å². The van der Waals surface area contributed by atoms with Crippen molar-refractivity contribution in [3.63, 3.8) is 0 Å². The highest BCUT2D eigenvalue weighted by molar-refractivity contribution is 6.20. The number of hydrogen-bond acceptors (Lipinski definition) is 0. The lowest BCUT2D eigenvalue weighted by Gasteiger charge is -2.22. The lowest BCUT2D eigenvalue weighted by Crippen LogP contribution is -2.08. The topological polar surface area (TPSA) is 0 Å². The van der Waals surface area contributed by atoms with Crippen molar-refractivity contribution < 1.29 is 0 Å². The van der Waals surface area contributed by atoms with Crippen LogP contribution in [0.2, 0.25) is 0 Å². The molecule has 1 aliphatic carbocycles. The average molecular weight is 237 g/mol. The third kappa shape index (κ3) is 2.79. The Hall–Kier alpha value is -0.490. The van der Waals surface area contributed by atoms with Gasteiger partial charge in [0.25, 0.3) is 0 Å². The van der Waals surface area contributed by atoms with E-state index in [1.807, 2.05) is 0 Å². The van der Waals surface area contributed by atoms with Crippen molar-refractivity contribution >= 4 is 11.6 Å². The monoisotopic (exact) mass is 236 g/mol. The summed E-state index contributed by atoms with van der Waals surface area (Å²) in [5.41, 5.74) is 4.66. The molecule has 0 aromatic heterocycles. The molecule has 1 aliphatic rings. The molecule has 0 bridgehead atoms. The second-order valence-corrected chi connectivity index (χ2v) is 6.64. The van der Waals surface area contributed by atoms with Gasteiger partial charge in [-0.2, -0.15) is 0 Å². The van der Waals surface area contributed by atoms with E-state index in [2.05, 4.69) is 39.0 Å². The van der Waals surface area contributed by atoms with Gasteiger partial charge in [0, 0.05) is 0 Å². The summed E-state index contributed by atoms with van der Waals surface area (Å²) in [7, 11) is 0. The number of alkyl halides is 1. The number of benzene rings is 1. The highest BCUT2D eigenvalue weighted by atomic mass is 35.5. The summed E-state index contributed by atoms with van der Waals surface area (Å²) in [6, 6.07) is 6.81. The molecule has 0 aliphatic heterocycles. The zero-order valence-electron chi connectivity index (χ0n) is 10.5. The van der Waals surface area contributed by atoms with Gasteiger partial charge in [-0.15, -0.1) is 11.6 Å². The molecular formula is C15H21Cl. The summed E-state index contributed by atoms with van der Waals surface area (Å²) in [6.07, 6.45) is 4.84. The summed E-state index contributed by atoms with van der Waals surface area (Å²) in [5.74, 6) is 0. The molecule has 1 atom stereocenters. The van der Waals surface area contributed by atoms with Crippen LogP contribution in [0.15, 0.2) is 18.2 Å². The van der Waals surface area contributed by atoms with Crippen LogP contribution in [0.4, 0.5) is 0 Å². The minimum atomic E-state index is 0.158. The lowest BCUT2D eigenvalue weighted by molar-refractivity contribution is 0.372. The SMILES string of the molecule is CC(C)(C)CC(Cl)c1ccc2c(c1)CCC2. The Kier molecular flexibility index (Phi) is 3.30. The van der Waals surface area contributed by atoms with Gasteiger partial charge in [-0.05, 0) is 47.8 Å². The minimum Gasteiger partial charge on any atom is -0.118 e. The first-order valence-corrected chi connectivity index (χ1v) is 6.65. The molecule has 0 fully saturated rings. The largest absolute Gasteiger partial charge is 0.118 e. The van der Waals surface area contributed by atoms with Gasteiger partial charge in [0.2, 0.25) is 0 Å². The number of hydrogen-bond donors (Lipinski definition) is 0. The van der Waals surface area contributed by atoms with Crippen LogP contribution >= 0.6 is 11.6 Å². The van der Waals surface area contributed by atoms with Gasteiger partial charge in [-0.1, -0.05) is 39.0 Å². The van der Waals surface area contributed by atoms with Crippen molar-refractivity contribution in [2.75, 3.05) is 0 Å². The van der Waals surface area contributed by atoms with E-state index < -0.39 is 0 Å². The zero-order chi connectivity index (χ0) is 11.8. The molecule has 88 valence electrons. The fraction of sp³-hybridized carbons (Fsp3) is 0.600. The first-order chi connectivity index (χ1) is 7.46. The molecule has 1 heteroatoms. The zero-order valence-corrected chi connectivity index (χ0v) is 11.3. The quantitative estimate of drug-likeness (QED) is 0.642. The van der Waals surface area contributed by atoms with E-state index in [0.29, 0.717) is 5.41 Å². The van der Waals surface area contributed by atoms with E-state index >= 15 is 0 Å². The van der Waals surface area contributed by atoms with Crippen molar-refractivity contribution in [2.24, 2.45) is 5.41 Å². The third-order valence-corrected chi connectivity index (χ3v) is 3.68. The molecule has 0 spiro atoms. The van der Waals surface area contributed by atoms with E-state index in [9.17, 15) is 0 Å². The Morgan fingerprint density at radius 3 is 2.56 bits per heavy atom. The van der Waals surface area contributed by atoms with Gasteiger partial charge < -0.3 is 0 Å². The second kappa shape index (κ2) is 4.41. The Balaban J connectivity index is 2.15. The predicted octanol–water partition coefficient (Wildman–Crippen LogP) is 4.89. The Morgan fingerprint density at radius 2 is 1.88 bits per heavy atom. The predicted molar refractivity (Wildman–Crippen MR) is 71.1 cm³/mol. The summed E-state index contributed by atoms with van der Waals surface area (Å²) in [4.78, 5) is 0. The Labute approximate surface area is 104 Å². The van der Waals surface area contributed by atoms with E-state index in [4.69, 9.17) is 11.6 Å². The fourth-order valence-corrected chi connectivity index (χ4v) is 3.04. The number of fused-ring (bicyclic) bond motifs is 1. The van der Waals surface area contributed by atoms with Crippen LogP contribution in [0.1, 0.15) is 55.7 Å². The molecule has 2 rings (SSSR count). The number of rotatable bonds is 2. The van der Waals surface area contributed by atoms with Crippen LogP contribution in [0, 0.1) is 5.41 Å². The maximum absolute atomic E-state index is 6.49. The minimum absolute atomic E-state index is 0.158. The maximum Gasteiger partial charge on any atom is 0.0590 e. The number of aryl methyl sites for hydroxylation is 2. The van der Waals surface area contributed by atoms with Crippen molar-refractivity contribution in [1.29, 1.82) is 0 Å². The van der Waals surface area contributed by atoms with Crippen molar-refractivity contribution in [3.05, 3.63) is 34.9 Å². The van der Waals surface area contributed by atoms with Crippen molar-refractivity contribution in [3.8, 4) is 0 Å². The molecule has 0 radical (unpaired) electrons. The molecule has 0 nitrogen and oxygen atoms in total. The van der Waals surface area contributed by atoms with Crippen LogP contribution in [0.5, 0.6) is 0 Å². The van der Waals surface area contributed by atoms with Crippen molar-refractivity contribution in [1.82, 2.24) is 0 Å². The lowest BCUT2D eigenvalue weighted by atomic mass is 9.88.